The largest absolute Gasteiger partial charge is 0.489 e. The van der Waals surface area contributed by atoms with E-state index in [2.05, 4.69) is 9.97 Å². The van der Waals surface area contributed by atoms with Crippen molar-refractivity contribution < 1.29 is 37.6 Å². The third-order valence-electron chi connectivity index (χ3n) is 3.92. The van der Waals surface area contributed by atoms with E-state index in [1.165, 1.54) is 12.3 Å². The summed E-state index contributed by atoms with van der Waals surface area (Å²) in [4.78, 5) is 7.25. The van der Waals surface area contributed by atoms with E-state index in [0.717, 1.165) is 12.1 Å². The molecule has 0 radical (unpaired) electrons. The van der Waals surface area contributed by atoms with Crippen LogP contribution in [0.2, 0.25) is 0 Å². The first-order valence-corrected chi connectivity index (χ1v) is 8.06. The van der Waals surface area contributed by atoms with Gasteiger partial charge < -0.3 is 24.4 Å². The lowest BCUT2D eigenvalue weighted by Gasteiger charge is -2.37. The van der Waals surface area contributed by atoms with Crippen molar-refractivity contribution in [3.8, 4) is 11.6 Å². The summed E-state index contributed by atoms with van der Waals surface area (Å²) in [6.45, 7) is -0.199. The van der Waals surface area contributed by atoms with Crippen molar-refractivity contribution in [2.24, 2.45) is 0 Å². The molecule has 27 heavy (non-hydrogen) atoms. The lowest BCUT2D eigenvalue weighted by molar-refractivity contribution is -0.187. The standard InChI is InChI=1S/C17H17F3N2O5/c18-17(19,20)13-4-1-5-14(22-13)27-12-9-26-11(15(23)16(12)24)8-25-10-3-2-6-21-7-10/h1-7,11-12,15-16,23-24H,8-9H2/t11-,12+,15+,16-/m1/s1. The Morgan fingerprint density at radius 1 is 1.15 bits per heavy atom. The zero-order valence-electron chi connectivity index (χ0n) is 13.9. The molecule has 146 valence electrons. The molecule has 3 rings (SSSR count). The third kappa shape index (κ3) is 4.85. The molecule has 0 amide bonds. The molecular formula is C17H17F3N2O5. The monoisotopic (exact) mass is 386 g/mol. The first-order valence-electron chi connectivity index (χ1n) is 8.06. The van der Waals surface area contributed by atoms with Crippen molar-refractivity contribution in [1.82, 2.24) is 9.97 Å². The van der Waals surface area contributed by atoms with Gasteiger partial charge in [-0.2, -0.15) is 13.2 Å². The van der Waals surface area contributed by atoms with Gasteiger partial charge in [0.1, 0.15) is 36.4 Å². The van der Waals surface area contributed by atoms with E-state index in [4.69, 9.17) is 14.2 Å². The van der Waals surface area contributed by atoms with E-state index in [0.29, 0.717) is 5.75 Å². The molecule has 0 saturated carbocycles. The molecular weight excluding hydrogens is 369 g/mol. The SMILES string of the molecule is O[C@@H]1[C@H](O)[C@@H](Oc2cccc(C(F)(F)F)n2)CO[C@@H]1COc1cccnc1. The van der Waals surface area contributed by atoms with Crippen molar-refractivity contribution in [2.75, 3.05) is 13.2 Å². The number of rotatable bonds is 5. The van der Waals surface area contributed by atoms with Gasteiger partial charge in [-0.1, -0.05) is 6.07 Å². The Morgan fingerprint density at radius 3 is 2.67 bits per heavy atom. The van der Waals surface area contributed by atoms with Gasteiger partial charge in [0.2, 0.25) is 5.88 Å². The summed E-state index contributed by atoms with van der Waals surface area (Å²) in [6.07, 6.45) is -6.22. The Hall–Kier alpha value is -2.43. The summed E-state index contributed by atoms with van der Waals surface area (Å²) in [6, 6.07) is 6.52. The number of aliphatic hydroxyl groups excluding tert-OH is 2. The Kier molecular flexibility index (Phi) is 5.78. The number of pyridine rings is 2. The number of aliphatic hydroxyl groups is 2. The molecule has 7 nitrogen and oxygen atoms in total. The lowest BCUT2D eigenvalue weighted by Crippen LogP contribution is -2.56. The van der Waals surface area contributed by atoms with Gasteiger partial charge in [0.25, 0.3) is 0 Å². The lowest BCUT2D eigenvalue weighted by atomic mass is 10.0. The number of ether oxygens (including phenoxy) is 3. The predicted octanol–water partition coefficient (Wildman–Crippen LogP) is 1.44. The molecule has 0 aliphatic carbocycles. The number of nitrogens with zero attached hydrogens (tertiary/aromatic N) is 2. The minimum absolute atomic E-state index is 0.0432. The summed E-state index contributed by atoms with van der Waals surface area (Å²) < 4.78 is 54.3. The first-order chi connectivity index (χ1) is 12.8. The minimum atomic E-state index is -4.62. The molecule has 10 heteroatoms. The highest BCUT2D eigenvalue weighted by Gasteiger charge is 2.40. The van der Waals surface area contributed by atoms with Gasteiger partial charge in [-0.3, -0.25) is 4.98 Å². The van der Waals surface area contributed by atoms with Crippen LogP contribution in [0.5, 0.6) is 11.6 Å². The van der Waals surface area contributed by atoms with Gasteiger partial charge in [-0.15, -0.1) is 0 Å². The molecule has 4 atom stereocenters. The van der Waals surface area contributed by atoms with E-state index in [1.807, 2.05) is 0 Å². The molecule has 1 saturated heterocycles. The average molecular weight is 386 g/mol. The number of halogens is 3. The van der Waals surface area contributed by atoms with E-state index in [9.17, 15) is 23.4 Å². The first kappa shape index (κ1) is 19.3. The van der Waals surface area contributed by atoms with Crippen LogP contribution >= 0.6 is 0 Å². The number of hydrogen-bond donors (Lipinski definition) is 2. The molecule has 1 aliphatic rings. The fourth-order valence-corrected chi connectivity index (χ4v) is 2.51. The molecule has 3 heterocycles. The van der Waals surface area contributed by atoms with Crippen LogP contribution in [0.3, 0.4) is 0 Å². The average Bonchev–Trinajstić information content (AvgIpc) is 2.65. The number of hydrogen-bond acceptors (Lipinski definition) is 7. The van der Waals surface area contributed by atoms with Crippen LogP contribution in [0.1, 0.15) is 5.69 Å². The third-order valence-corrected chi connectivity index (χ3v) is 3.92. The van der Waals surface area contributed by atoms with E-state index in [1.54, 1.807) is 18.3 Å². The second-order valence-electron chi connectivity index (χ2n) is 5.87. The molecule has 2 N–H and O–H groups in total. The van der Waals surface area contributed by atoms with Crippen LogP contribution in [-0.4, -0.2) is 57.8 Å². The summed E-state index contributed by atoms with van der Waals surface area (Å²) in [5.74, 6) is 0.143. The molecule has 2 aromatic heterocycles. The van der Waals surface area contributed by atoms with Crippen molar-refractivity contribution in [3.63, 3.8) is 0 Å². The van der Waals surface area contributed by atoms with Crippen molar-refractivity contribution in [3.05, 3.63) is 48.4 Å². The summed E-state index contributed by atoms with van der Waals surface area (Å²) >= 11 is 0. The maximum absolute atomic E-state index is 12.7. The van der Waals surface area contributed by atoms with Gasteiger partial charge in [-0.05, 0) is 18.2 Å². The van der Waals surface area contributed by atoms with Crippen LogP contribution in [-0.2, 0) is 10.9 Å². The highest BCUT2D eigenvalue weighted by molar-refractivity contribution is 5.18. The Bertz CT molecular complexity index is 747. The molecule has 1 fully saturated rings. The van der Waals surface area contributed by atoms with Gasteiger partial charge >= 0.3 is 6.18 Å². The molecule has 1 aliphatic heterocycles. The van der Waals surface area contributed by atoms with E-state index >= 15 is 0 Å². The zero-order valence-corrected chi connectivity index (χ0v) is 13.9. The summed E-state index contributed by atoms with van der Waals surface area (Å²) in [5.41, 5.74) is -1.12. The highest BCUT2D eigenvalue weighted by atomic mass is 19.4. The van der Waals surface area contributed by atoms with Crippen molar-refractivity contribution in [1.29, 1.82) is 0 Å². The van der Waals surface area contributed by atoms with E-state index < -0.39 is 36.3 Å². The quantitative estimate of drug-likeness (QED) is 0.803. The Morgan fingerprint density at radius 2 is 1.96 bits per heavy atom. The maximum atomic E-state index is 12.7. The van der Waals surface area contributed by atoms with Gasteiger partial charge in [0, 0.05) is 12.3 Å². The van der Waals surface area contributed by atoms with Gasteiger partial charge in [0.05, 0.1) is 12.8 Å². The Labute approximate surface area is 152 Å². The molecule has 0 spiro atoms. The second-order valence-corrected chi connectivity index (χ2v) is 5.87. The molecule has 2 aromatic rings. The van der Waals surface area contributed by atoms with Crippen molar-refractivity contribution in [2.45, 2.75) is 30.6 Å². The fraction of sp³-hybridized carbons (Fsp3) is 0.412. The summed E-state index contributed by atoms with van der Waals surface area (Å²) in [5, 5.41) is 20.4. The topological polar surface area (TPSA) is 93.9 Å². The predicted molar refractivity (Wildman–Crippen MR) is 85.1 cm³/mol. The van der Waals surface area contributed by atoms with Gasteiger partial charge in [-0.25, -0.2) is 4.98 Å². The fourth-order valence-electron chi connectivity index (χ4n) is 2.51. The summed E-state index contributed by atoms with van der Waals surface area (Å²) in [7, 11) is 0. The highest BCUT2D eigenvalue weighted by Crippen LogP contribution is 2.29. The molecule has 0 unspecified atom stereocenters. The number of alkyl halides is 3. The van der Waals surface area contributed by atoms with Crippen LogP contribution in [0.15, 0.2) is 42.7 Å². The number of aromatic nitrogens is 2. The van der Waals surface area contributed by atoms with Crippen LogP contribution in [0.4, 0.5) is 13.2 Å². The smallest absolute Gasteiger partial charge is 0.433 e. The molecule has 0 aromatic carbocycles. The Balaban J connectivity index is 1.59. The van der Waals surface area contributed by atoms with Crippen LogP contribution in [0, 0.1) is 0 Å². The van der Waals surface area contributed by atoms with E-state index in [-0.39, 0.29) is 19.1 Å². The van der Waals surface area contributed by atoms with Gasteiger partial charge in [0.15, 0.2) is 6.10 Å². The molecule has 0 bridgehead atoms. The minimum Gasteiger partial charge on any atom is -0.489 e. The normalized spacial score (nSPS) is 25.8. The van der Waals surface area contributed by atoms with Crippen LogP contribution in [0.25, 0.3) is 0 Å². The van der Waals surface area contributed by atoms with Crippen LogP contribution < -0.4 is 9.47 Å². The zero-order chi connectivity index (χ0) is 19.4. The maximum Gasteiger partial charge on any atom is 0.433 e. The van der Waals surface area contributed by atoms with Crippen molar-refractivity contribution >= 4 is 0 Å². The second kappa shape index (κ2) is 8.07.